The number of methoxy groups -OCH3 is 1. The summed E-state index contributed by atoms with van der Waals surface area (Å²) in [6, 6.07) is 20.9. The molecule has 2 unspecified atom stereocenters. The third-order valence-electron chi connectivity index (χ3n) is 5.77. The Labute approximate surface area is 230 Å². The Kier molecular flexibility index (Phi) is 8.68. The molecule has 4 rings (SSSR count). The number of aliphatic imine (C=N–C) groups is 1. The summed E-state index contributed by atoms with van der Waals surface area (Å²) < 4.78 is 33.7. The second kappa shape index (κ2) is 12.0. The van der Waals surface area contributed by atoms with E-state index in [9.17, 15) is 18.3 Å². The molecule has 2 atom stereocenters. The molecule has 0 bridgehead atoms. The van der Waals surface area contributed by atoms with Crippen molar-refractivity contribution in [1.29, 1.82) is 0 Å². The lowest BCUT2D eigenvalue weighted by atomic mass is 9.91. The van der Waals surface area contributed by atoms with Gasteiger partial charge in [0.25, 0.3) is 10.0 Å². The zero-order valence-corrected chi connectivity index (χ0v) is 22.5. The number of ether oxygens (including phenoxy) is 1. The van der Waals surface area contributed by atoms with Crippen molar-refractivity contribution >= 4 is 50.9 Å². The highest BCUT2D eigenvalue weighted by Crippen LogP contribution is 2.30. The minimum Gasteiger partial charge on any atom is -0.467 e. The van der Waals surface area contributed by atoms with E-state index < -0.39 is 28.6 Å². The fourth-order valence-corrected chi connectivity index (χ4v) is 5.11. The Morgan fingerprint density at radius 3 is 2.26 bits per heavy atom. The number of benzene rings is 3. The molecule has 38 heavy (non-hydrogen) atoms. The second-order valence-corrected chi connectivity index (χ2v) is 10.8. The molecule has 3 aromatic rings. The fourth-order valence-electron chi connectivity index (χ4n) is 3.85. The molecule has 1 aliphatic rings. The van der Waals surface area contributed by atoms with Gasteiger partial charge in [0.15, 0.2) is 6.04 Å². The molecule has 2 N–H and O–H groups in total. The van der Waals surface area contributed by atoms with Gasteiger partial charge in [-0.2, -0.15) is 5.10 Å². The first-order valence-electron chi connectivity index (χ1n) is 11.4. The molecule has 1 aliphatic heterocycles. The summed E-state index contributed by atoms with van der Waals surface area (Å²) in [5, 5.41) is 16.8. The minimum absolute atomic E-state index is 0.0751. The van der Waals surface area contributed by atoms with Crippen molar-refractivity contribution in [3.63, 3.8) is 0 Å². The van der Waals surface area contributed by atoms with Crippen LogP contribution >= 0.6 is 23.2 Å². The number of nitrogens with zero attached hydrogens (tertiary/aromatic N) is 3. The van der Waals surface area contributed by atoms with E-state index >= 15 is 0 Å². The van der Waals surface area contributed by atoms with Crippen LogP contribution in [0.3, 0.4) is 0 Å². The van der Waals surface area contributed by atoms with E-state index in [-0.39, 0.29) is 23.3 Å². The molecule has 0 amide bonds. The molecule has 0 radical (unpaired) electrons. The van der Waals surface area contributed by atoms with Crippen molar-refractivity contribution < 1.29 is 23.1 Å². The number of esters is 1. The predicted octanol–water partition coefficient (Wildman–Crippen LogP) is 3.67. The maximum atomic E-state index is 13.3. The van der Waals surface area contributed by atoms with Crippen molar-refractivity contribution in [3.8, 4) is 0 Å². The fraction of sp³-hybridized carbons (Fsp3) is 0.192. The van der Waals surface area contributed by atoms with Crippen LogP contribution in [-0.2, 0) is 19.6 Å². The summed E-state index contributed by atoms with van der Waals surface area (Å²) in [5.41, 5.74) is 2.36. The Bertz CT molecular complexity index is 1450. The Morgan fingerprint density at radius 2 is 1.68 bits per heavy atom. The van der Waals surface area contributed by atoms with Crippen molar-refractivity contribution in [2.24, 2.45) is 10.1 Å². The Morgan fingerprint density at radius 1 is 1.08 bits per heavy atom. The van der Waals surface area contributed by atoms with Crippen molar-refractivity contribution in [2.75, 3.05) is 20.3 Å². The van der Waals surface area contributed by atoms with Gasteiger partial charge in [-0.05, 0) is 47.5 Å². The quantitative estimate of drug-likeness (QED) is 0.252. The number of nitrogens with one attached hydrogen (secondary N) is 1. The van der Waals surface area contributed by atoms with Crippen LogP contribution < -0.4 is 4.72 Å². The zero-order chi connectivity index (χ0) is 27.3. The molecule has 0 saturated carbocycles. The highest BCUT2D eigenvalue weighted by molar-refractivity contribution is 7.90. The van der Waals surface area contributed by atoms with Crippen LogP contribution in [0.25, 0.3) is 0 Å². The molecule has 0 saturated heterocycles. The molecule has 0 fully saturated rings. The van der Waals surface area contributed by atoms with E-state index in [0.717, 1.165) is 18.2 Å². The van der Waals surface area contributed by atoms with Crippen molar-refractivity contribution in [3.05, 3.63) is 100 Å². The van der Waals surface area contributed by atoms with Gasteiger partial charge < -0.3 is 9.84 Å². The number of hydrogen-bond donors (Lipinski definition) is 2. The van der Waals surface area contributed by atoms with E-state index in [4.69, 9.17) is 33.0 Å². The van der Waals surface area contributed by atoms with E-state index in [1.807, 2.05) is 42.5 Å². The molecule has 3 aromatic carbocycles. The number of hydrogen-bond acceptors (Lipinski definition) is 7. The normalized spacial score (nSPS) is 16.6. The highest BCUT2D eigenvalue weighted by atomic mass is 35.5. The van der Waals surface area contributed by atoms with Crippen LogP contribution in [0.2, 0.25) is 10.0 Å². The van der Waals surface area contributed by atoms with Gasteiger partial charge in [0.2, 0.25) is 5.96 Å². The minimum atomic E-state index is -4.17. The third kappa shape index (κ3) is 6.33. The van der Waals surface area contributed by atoms with Crippen LogP contribution in [0.4, 0.5) is 0 Å². The molecule has 198 valence electrons. The first-order valence-corrected chi connectivity index (χ1v) is 13.7. The van der Waals surface area contributed by atoms with Crippen LogP contribution in [-0.4, -0.2) is 62.5 Å². The first-order chi connectivity index (χ1) is 18.2. The predicted molar refractivity (Wildman–Crippen MR) is 146 cm³/mol. The number of carbonyl (C=O) groups is 1. The average molecular weight is 575 g/mol. The lowest BCUT2D eigenvalue weighted by Crippen LogP contribution is -2.43. The molecule has 0 spiro atoms. The molecule has 0 aromatic heterocycles. The largest absolute Gasteiger partial charge is 0.467 e. The number of carbonyl (C=O) groups excluding carboxylic acids is 1. The summed E-state index contributed by atoms with van der Waals surface area (Å²) in [7, 11) is -3.02. The average Bonchev–Trinajstić information content (AvgIpc) is 3.37. The summed E-state index contributed by atoms with van der Waals surface area (Å²) in [5.74, 6) is -1.36. The SMILES string of the molecule is COC(=O)C(CO)N=C(NS(=O)(=O)c1ccc(Cl)cc1)N1CC(c2ccccc2)C(c2ccc(Cl)cc2)=N1. The number of sulfonamides is 1. The topological polar surface area (TPSA) is 121 Å². The van der Waals surface area contributed by atoms with Gasteiger partial charge in [-0.3, -0.25) is 0 Å². The maximum Gasteiger partial charge on any atom is 0.333 e. The lowest BCUT2D eigenvalue weighted by Gasteiger charge is -2.21. The van der Waals surface area contributed by atoms with Gasteiger partial charge in [-0.25, -0.2) is 27.9 Å². The van der Waals surface area contributed by atoms with E-state index in [0.29, 0.717) is 15.8 Å². The van der Waals surface area contributed by atoms with Crippen LogP contribution in [0.5, 0.6) is 0 Å². The smallest absolute Gasteiger partial charge is 0.333 e. The third-order valence-corrected chi connectivity index (χ3v) is 7.62. The zero-order valence-electron chi connectivity index (χ0n) is 20.2. The standard InChI is InChI=1S/C26H24Cl2N4O5S/c1-37-25(34)23(16-33)29-26(31-38(35,36)21-13-11-20(28)12-14-21)32-15-22(17-5-3-2-4-6-17)24(30-32)18-7-9-19(27)10-8-18/h2-14,22-23,33H,15-16H2,1H3,(H,29,31). The van der Waals surface area contributed by atoms with Crippen LogP contribution in [0.1, 0.15) is 17.0 Å². The molecule has 12 heteroatoms. The monoisotopic (exact) mass is 574 g/mol. The highest BCUT2D eigenvalue weighted by Gasteiger charge is 2.34. The van der Waals surface area contributed by atoms with Crippen LogP contribution in [0, 0.1) is 0 Å². The van der Waals surface area contributed by atoms with Crippen molar-refractivity contribution in [2.45, 2.75) is 16.9 Å². The number of aliphatic hydroxyl groups excluding tert-OH is 1. The number of aliphatic hydroxyl groups is 1. The van der Waals surface area contributed by atoms with Gasteiger partial charge >= 0.3 is 5.97 Å². The van der Waals surface area contributed by atoms with E-state index in [2.05, 4.69) is 9.71 Å². The number of rotatable bonds is 7. The maximum absolute atomic E-state index is 13.3. The number of halogens is 2. The van der Waals surface area contributed by atoms with E-state index in [1.54, 1.807) is 12.1 Å². The first kappa shape index (κ1) is 27.6. The summed E-state index contributed by atoms with van der Waals surface area (Å²) in [6.07, 6.45) is 0. The molecular weight excluding hydrogens is 551 g/mol. The molecule has 9 nitrogen and oxygen atoms in total. The summed E-state index contributed by atoms with van der Waals surface area (Å²) in [6.45, 7) is -0.508. The summed E-state index contributed by atoms with van der Waals surface area (Å²) >= 11 is 12.0. The number of guanidine groups is 1. The molecular formula is C26H24Cl2N4O5S. The molecule has 0 aliphatic carbocycles. The van der Waals surface area contributed by atoms with Gasteiger partial charge in [-0.1, -0.05) is 65.7 Å². The van der Waals surface area contributed by atoms with Gasteiger partial charge in [0, 0.05) is 16.0 Å². The Hall–Kier alpha value is -3.44. The Balaban J connectivity index is 1.79. The van der Waals surface area contributed by atoms with Crippen molar-refractivity contribution in [1.82, 2.24) is 9.73 Å². The van der Waals surface area contributed by atoms with E-state index in [1.165, 1.54) is 29.3 Å². The number of hydrazone groups is 1. The lowest BCUT2D eigenvalue weighted by molar-refractivity contribution is -0.142. The second-order valence-electron chi connectivity index (χ2n) is 8.27. The van der Waals surface area contributed by atoms with Gasteiger partial charge in [0.05, 0.1) is 30.9 Å². The molecule has 1 heterocycles. The summed E-state index contributed by atoms with van der Waals surface area (Å²) in [4.78, 5) is 16.4. The van der Waals surface area contributed by atoms with Gasteiger partial charge in [0.1, 0.15) is 0 Å². The van der Waals surface area contributed by atoms with Gasteiger partial charge in [-0.15, -0.1) is 0 Å². The van der Waals surface area contributed by atoms with Crippen LogP contribution in [0.15, 0.2) is 93.9 Å².